The van der Waals surface area contributed by atoms with Crippen molar-refractivity contribution in [1.29, 1.82) is 0 Å². The molecule has 0 aromatic carbocycles. The molecule has 0 unspecified atom stereocenters. The van der Waals surface area contributed by atoms with Crippen molar-refractivity contribution in [3.05, 3.63) is 12.4 Å². The molecule has 104 valence electrons. The van der Waals surface area contributed by atoms with Gasteiger partial charge in [-0.1, -0.05) is 0 Å². The van der Waals surface area contributed by atoms with Crippen LogP contribution >= 0.6 is 0 Å². The highest BCUT2D eigenvalue weighted by molar-refractivity contribution is 5.49. The molecule has 2 N–H and O–H groups in total. The number of nitrogens with one attached hydrogen (secondary N) is 1. The first kappa shape index (κ1) is 12.7. The minimum atomic E-state index is -0.109. The van der Waals surface area contributed by atoms with Crippen LogP contribution in [0.15, 0.2) is 12.4 Å². The Balaban J connectivity index is 1.66. The second-order valence-electron chi connectivity index (χ2n) is 5.75. The third-order valence-corrected chi connectivity index (χ3v) is 4.16. The van der Waals surface area contributed by atoms with Crippen molar-refractivity contribution in [3.8, 4) is 0 Å². The normalized spacial score (nSPS) is 27.1. The number of rotatable bonds is 4. The molecule has 3 rings (SSSR count). The van der Waals surface area contributed by atoms with Crippen LogP contribution in [-0.2, 0) is 0 Å². The standard InChI is InChI=1S/C14H22N4O/c1-18(11-4-6-12(19)7-5-11)14-8-13(15-9-16-14)17-10-2-3-10/h8-12,19H,2-7H2,1H3,(H,15,16,17). The lowest BCUT2D eigenvalue weighted by molar-refractivity contribution is 0.122. The number of hydrogen-bond donors (Lipinski definition) is 2. The van der Waals surface area contributed by atoms with E-state index < -0.39 is 0 Å². The van der Waals surface area contributed by atoms with Gasteiger partial charge in [0.05, 0.1) is 6.10 Å². The van der Waals surface area contributed by atoms with Crippen LogP contribution in [0.5, 0.6) is 0 Å². The first-order chi connectivity index (χ1) is 9.22. The number of anilines is 2. The van der Waals surface area contributed by atoms with E-state index in [0.717, 1.165) is 37.3 Å². The molecule has 1 aromatic rings. The summed E-state index contributed by atoms with van der Waals surface area (Å²) in [5, 5.41) is 13.0. The molecule has 1 heterocycles. The monoisotopic (exact) mass is 262 g/mol. The minimum absolute atomic E-state index is 0.109. The quantitative estimate of drug-likeness (QED) is 0.866. The number of nitrogens with zero attached hydrogens (tertiary/aromatic N) is 3. The molecule has 0 bridgehead atoms. The third-order valence-electron chi connectivity index (χ3n) is 4.16. The number of hydrogen-bond acceptors (Lipinski definition) is 5. The van der Waals surface area contributed by atoms with Gasteiger partial charge in [-0.25, -0.2) is 9.97 Å². The number of aliphatic hydroxyl groups is 1. The van der Waals surface area contributed by atoms with Crippen molar-refractivity contribution >= 4 is 11.6 Å². The molecule has 2 aliphatic rings. The first-order valence-corrected chi connectivity index (χ1v) is 7.22. The SMILES string of the molecule is CN(c1cc(NC2CC2)ncn1)C1CCC(O)CC1. The van der Waals surface area contributed by atoms with Crippen LogP contribution in [0, 0.1) is 0 Å². The van der Waals surface area contributed by atoms with E-state index in [-0.39, 0.29) is 6.10 Å². The van der Waals surface area contributed by atoms with Crippen molar-refractivity contribution in [3.63, 3.8) is 0 Å². The molecule has 0 amide bonds. The summed E-state index contributed by atoms with van der Waals surface area (Å²) in [5.41, 5.74) is 0. The lowest BCUT2D eigenvalue weighted by Crippen LogP contribution is -2.36. The molecule has 19 heavy (non-hydrogen) atoms. The van der Waals surface area contributed by atoms with E-state index >= 15 is 0 Å². The Morgan fingerprint density at radius 1 is 1.16 bits per heavy atom. The average molecular weight is 262 g/mol. The fraction of sp³-hybridized carbons (Fsp3) is 0.714. The van der Waals surface area contributed by atoms with Crippen LogP contribution in [0.25, 0.3) is 0 Å². The molecule has 0 spiro atoms. The molecule has 5 nitrogen and oxygen atoms in total. The number of aromatic nitrogens is 2. The van der Waals surface area contributed by atoms with E-state index in [4.69, 9.17) is 0 Å². The first-order valence-electron chi connectivity index (χ1n) is 7.22. The van der Waals surface area contributed by atoms with Crippen LogP contribution < -0.4 is 10.2 Å². The molecule has 2 fully saturated rings. The maximum atomic E-state index is 9.58. The highest BCUT2D eigenvalue weighted by Gasteiger charge is 2.24. The largest absolute Gasteiger partial charge is 0.393 e. The van der Waals surface area contributed by atoms with Gasteiger partial charge >= 0.3 is 0 Å². The highest BCUT2D eigenvalue weighted by atomic mass is 16.3. The summed E-state index contributed by atoms with van der Waals surface area (Å²) in [6, 6.07) is 3.12. The Bertz CT molecular complexity index is 427. The van der Waals surface area contributed by atoms with Crippen LogP contribution in [0.3, 0.4) is 0 Å². The second kappa shape index (κ2) is 5.33. The summed E-state index contributed by atoms with van der Waals surface area (Å²) in [6.07, 6.45) is 7.88. The smallest absolute Gasteiger partial charge is 0.134 e. The van der Waals surface area contributed by atoms with Gasteiger partial charge in [0.2, 0.25) is 0 Å². The Labute approximate surface area is 114 Å². The Morgan fingerprint density at radius 2 is 1.89 bits per heavy atom. The van der Waals surface area contributed by atoms with Gasteiger partial charge in [-0.15, -0.1) is 0 Å². The molecule has 0 aliphatic heterocycles. The summed E-state index contributed by atoms with van der Waals surface area (Å²) >= 11 is 0. The van der Waals surface area contributed by atoms with Gasteiger partial charge in [0, 0.05) is 25.2 Å². The molecule has 2 saturated carbocycles. The van der Waals surface area contributed by atoms with Gasteiger partial charge < -0.3 is 15.3 Å². The van der Waals surface area contributed by atoms with Crippen molar-refractivity contribution in [1.82, 2.24) is 9.97 Å². The maximum Gasteiger partial charge on any atom is 0.134 e. The van der Waals surface area contributed by atoms with E-state index in [1.165, 1.54) is 12.8 Å². The molecule has 1 aromatic heterocycles. The fourth-order valence-corrected chi connectivity index (χ4v) is 2.69. The molecular weight excluding hydrogens is 240 g/mol. The van der Waals surface area contributed by atoms with Gasteiger partial charge in [0.1, 0.15) is 18.0 Å². The molecule has 5 heteroatoms. The Kier molecular flexibility index (Phi) is 3.55. The molecular formula is C14H22N4O. The second-order valence-corrected chi connectivity index (χ2v) is 5.75. The molecule has 0 atom stereocenters. The summed E-state index contributed by atoms with van der Waals surface area (Å²) in [5.74, 6) is 1.90. The summed E-state index contributed by atoms with van der Waals surface area (Å²) in [4.78, 5) is 10.9. The highest BCUT2D eigenvalue weighted by Crippen LogP contribution is 2.28. The van der Waals surface area contributed by atoms with Crippen LogP contribution in [0.2, 0.25) is 0 Å². The fourth-order valence-electron chi connectivity index (χ4n) is 2.69. The molecule has 0 radical (unpaired) electrons. The van der Waals surface area contributed by atoms with E-state index in [0.29, 0.717) is 12.1 Å². The minimum Gasteiger partial charge on any atom is -0.393 e. The van der Waals surface area contributed by atoms with Crippen molar-refractivity contribution < 1.29 is 5.11 Å². The number of aliphatic hydroxyl groups excluding tert-OH is 1. The maximum absolute atomic E-state index is 9.58. The van der Waals surface area contributed by atoms with E-state index in [1.807, 2.05) is 6.07 Å². The van der Waals surface area contributed by atoms with Gasteiger partial charge in [0.15, 0.2) is 0 Å². The third kappa shape index (κ3) is 3.15. The summed E-state index contributed by atoms with van der Waals surface area (Å²) in [7, 11) is 2.09. The predicted octanol–water partition coefficient (Wildman–Crippen LogP) is 1.79. The van der Waals surface area contributed by atoms with Crippen LogP contribution in [0.4, 0.5) is 11.6 Å². The van der Waals surface area contributed by atoms with Gasteiger partial charge in [-0.3, -0.25) is 0 Å². The van der Waals surface area contributed by atoms with E-state index in [2.05, 4.69) is 27.2 Å². The van der Waals surface area contributed by atoms with Gasteiger partial charge in [0.25, 0.3) is 0 Å². The van der Waals surface area contributed by atoms with Gasteiger partial charge in [-0.05, 0) is 38.5 Å². The van der Waals surface area contributed by atoms with Crippen molar-refractivity contribution in [2.24, 2.45) is 0 Å². The Morgan fingerprint density at radius 3 is 2.58 bits per heavy atom. The lowest BCUT2D eigenvalue weighted by atomic mass is 9.92. The summed E-state index contributed by atoms with van der Waals surface area (Å²) in [6.45, 7) is 0. The van der Waals surface area contributed by atoms with Crippen LogP contribution in [-0.4, -0.2) is 40.3 Å². The van der Waals surface area contributed by atoms with Crippen molar-refractivity contribution in [2.45, 2.75) is 56.7 Å². The zero-order valence-electron chi connectivity index (χ0n) is 11.4. The topological polar surface area (TPSA) is 61.3 Å². The van der Waals surface area contributed by atoms with Crippen LogP contribution in [0.1, 0.15) is 38.5 Å². The van der Waals surface area contributed by atoms with E-state index in [1.54, 1.807) is 6.33 Å². The van der Waals surface area contributed by atoms with E-state index in [9.17, 15) is 5.11 Å². The predicted molar refractivity (Wildman–Crippen MR) is 75.3 cm³/mol. The average Bonchev–Trinajstić information content (AvgIpc) is 3.23. The summed E-state index contributed by atoms with van der Waals surface area (Å²) < 4.78 is 0. The van der Waals surface area contributed by atoms with Crippen molar-refractivity contribution in [2.75, 3.05) is 17.3 Å². The molecule has 0 saturated heterocycles. The lowest BCUT2D eigenvalue weighted by Gasteiger charge is -2.33. The molecule has 2 aliphatic carbocycles. The zero-order valence-corrected chi connectivity index (χ0v) is 11.4. The Hall–Kier alpha value is -1.36. The zero-order chi connectivity index (χ0) is 13.2. The van der Waals surface area contributed by atoms with Gasteiger partial charge in [-0.2, -0.15) is 0 Å².